The van der Waals surface area contributed by atoms with Crippen molar-refractivity contribution in [3.05, 3.63) is 18.0 Å². The van der Waals surface area contributed by atoms with E-state index in [2.05, 4.69) is 5.10 Å². The molecule has 0 saturated heterocycles. The number of aromatic nitrogens is 2. The number of rotatable bonds is 2. The first-order chi connectivity index (χ1) is 6.19. The average molecular weight is 180 g/mol. The van der Waals surface area contributed by atoms with E-state index in [1.807, 2.05) is 19.2 Å². The SMILES string of the molecule is COC(=O)C1(n2ccc(C)n2)CC1. The van der Waals surface area contributed by atoms with Crippen LogP contribution < -0.4 is 0 Å². The Morgan fingerprint density at radius 3 is 2.77 bits per heavy atom. The van der Waals surface area contributed by atoms with Crippen LogP contribution in [0.15, 0.2) is 12.3 Å². The third-order valence-electron chi connectivity index (χ3n) is 2.45. The molecule has 1 aliphatic carbocycles. The van der Waals surface area contributed by atoms with Crippen LogP contribution in [-0.2, 0) is 15.1 Å². The molecule has 0 atom stereocenters. The van der Waals surface area contributed by atoms with E-state index in [-0.39, 0.29) is 5.97 Å². The van der Waals surface area contributed by atoms with Gasteiger partial charge in [-0.25, -0.2) is 4.79 Å². The van der Waals surface area contributed by atoms with Crippen LogP contribution in [-0.4, -0.2) is 22.9 Å². The van der Waals surface area contributed by atoms with Gasteiger partial charge in [-0.3, -0.25) is 4.68 Å². The zero-order valence-corrected chi connectivity index (χ0v) is 7.78. The predicted octanol–water partition coefficient (Wildman–Crippen LogP) is 0.854. The zero-order valence-electron chi connectivity index (χ0n) is 7.78. The first-order valence-electron chi connectivity index (χ1n) is 4.30. The Hall–Kier alpha value is -1.32. The molecule has 0 radical (unpaired) electrons. The monoisotopic (exact) mass is 180 g/mol. The number of methoxy groups -OCH3 is 1. The summed E-state index contributed by atoms with van der Waals surface area (Å²) in [4.78, 5) is 11.4. The minimum absolute atomic E-state index is 0.185. The van der Waals surface area contributed by atoms with Crippen molar-refractivity contribution in [2.75, 3.05) is 7.11 Å². The maximum atomic E-state index is 11.4. The van der Waals surface area contributed by atoms with Crippen molar-refractivity contribution >= 4 is 5.97 Å². The lowest BCUT2D eigenvalue weighted by atomic mass is 10.3. The fraction of sp³-hybridized carbons (Fsp3) is 0.556. The molecular formula is C9H12N2O2. The molecule has 4 heteroatoms. The van der Waals surface area contributed by atoms with Gasteiger partial charge in [0.05, 0.1) is 12.8 Å². The third-order valence-corrected chi connectivity index (χ3v) is 2.45. The molecule has 2 rings (SSSR count). The van der Waals surface area contributed by atoms with Crippen LogP contribution in [0, 0.1) is 6.92 Å². The number of hydrogen-bond donors (Lipinski definition) is 0. The lowest BCUT2D eigenvalue weighted by Gasteiger charge is -2.12. The van der Waals surface area contributed by atoms with E-state index in [1.54, 1.807) is 4.68 Å². The molecule has 1 saturated carbocycles. The van der Waals surface area contributed by atoms with Crippen molar-refractivity contribution < 1.29 is 9.53 Å². The Labute approximate surface area is 76.5 Å². The molecule has 0 bridgehead atoms. The molecule has 1 aromatic rings. The number of ether oxygens (including phenoxy) is 1. The highest BCUT2D eigenvalue weighted by Gasteiger charge is 2.53. The average Bonchev–Trinajstić information content (AvgIpc) is 2.83. The van der Waals surface area contributed by atoms with E-state index in [9.17, 15) is 4.79 Å². The number of hydrogen-bond acceptors (Lipinski definition) is 3. The van der Waals surface area contributed by atoms with E-state index in [4.69, 9.17) is 4.74 Å². The van der Waals surface area contributed by atoms with Crippen LogP contribution in [0.5, 0.6) is 0 Å². The minimum Gasteiger partial charge on any atom is -0.467 e. The molecular weight excluding hydrogens is 168 g/mol. The molecule has 0 spiro atoms. The molecule has 0 amide bonds. The van der Waals surface area contributed by atoms with Crippen LogP contribution in [0.3, 0.4) is 0 Å². The summed E-state index contributed by atoms with van der Waals surface area (Å²) in [7, 11) is 1.42. The quantitative estimate of drug-likeness (QED) is 0.634. The summed E-state index contributed by atoms with van der Waals surface area (Å²) in [6.07, 6.45) is 3.50. The largest absolute Gasteiger partial charge is 0.467 e. The molecule has 1 aliphatic rings. The standard InChI is InChI=1S/C9H12N2O2/c1-7-3-6-11(10-7)9(4-5-9)8(12)13-2/h3,6H,4-5H2,1-2H3. The first kappa shape index (κ1) is 8.29. The van der Waals surface area contributed by atoms with Gasteiger partial charge in [0.1, 0.15) is 0 Å². The zero-order chi connectivity index (χ0) is 9.47. The molecule has 1 aromatic heterocycles. The van der Waals surface area contributed by atoms with Gasteiger partial charge in [0.25, 0.3) is 0 Å². The van der Waals surface area contributed by atoms with E-state index in [0.717, 1.165) is 18.5 Å². The predicted molar refractivity (Wildman–Crippen MR) is 46.2 cm³/mol. The van der Waals surface area contributed by atoms with E-state index in [1.165, 1.54) is 7.11 Å². The van der Waals surface area contributed by atoms with Gasteiger partial charge in [0.15, 0.2) is 5.54 Å². The Morgan fingerprint density at radius 2 is 2.38 bits per heavy atom. The number of nitrogens with zero attached hydrogens (tertiary/aromatic N) is 2. The van der Waals surface area contributed by atoms with Gasteiger partial charge in [-0.15, -0.1) is 0 Å². The lowest BCUT2D eigenvalue weighted by Crippen LogP contribution is -2.29. The summed E-state index contributed by atoms with van der Waals surface area (Å²) in [6, 6.07) is 1.89. The molecule has 0 aliphatic heterocycles. The van der Waals surface area contributed by atoms with Crippen LogP contribution in [0.1, 0.15) is 18.5 Å². The molecule has 70 valence electrons. The number of esters is 1. The molecule has 1 heterocycles. The van der Waals surface area contributed by atoms with Crippen LogP contribution in [0.4, 0.5) is 0 Å². The van der Waals surface area contributed by atoms with Gasteiger partial charge in [0.2, 0.25) is 0 Å². The second-order valence-electron chi connectivity index (χ2n) is 3.42. The molecule has 0 unspecified atom stereocenters. The van der Waals surface area contributed by atoms with Crippen molar-refractivity contribution in [1.82, 2.24) is 9.78 Å². The molecule has 0 N–H and O–H groups in total. The normalized spacial score (nSPS) is 18.3. The Morgan fingerprint density at radius 1 is 1.69 bits per heavy atom. The van der Waals surface area contributed by atoms with Crippen LogP contribution in [0.2, 0.25) is 0 Å². The van der Waals surface area contributed by atoms with Gasteiger partial charge in [-0.05, 0) is 25.8 Å². The van der Waals surface area contributed by atoms with Gasteiger partial charge < -0.3 is 4.74 Å². The maximum absolute atomic E-state index is 11.4. The highest BCUT2D eigenvalue weighted by atomic mass is 16.5. The topological polar surface area (TPSA) is 44.1 Å². The third kappa shape index (κ3) is 1.13. The van der Waals surface area contributed by atoms with Crippen molar-refractivity contribution in [2.45, 2.75) is 25.3 Å². The number of aryl methyl sites for hydroxylation is 1. The van der Waals surface area contributed by atoms with Crippen molar-refractivity contribution in [3.8, 4) is 0 Å². The summed E-state index contributed by atoms with van der Waals surface area (Å²) in [5, 5.41) is 4.23. The fourth-order valence-electron chi connectivity index (χ4n) is 1.49. The summed E-state index contributed by atoms with van der Waals surface area (Å²) < 4.78 is 6.46. The Bertz CT molecular complexity index is 339. The Kier molecular flexibility index (Phi) is 1.65. The van der Waals surface area contributed by atoms with Crippen molar-refractivity contribution in [3.63, 3.8) is 0 Å². The highest BCUT2D eigenvalue weighted by molar-refractivity contribution is 5.81. The summed E-state index contributed by atoms with van der Waals surface area (Å²) in [5.74, 6) is -0.185. The molecule has 4 nitrogen and oxygen atoms in total. The second-order valence-corrected chi connectivity index (χ2v) is 3.42. The maximum Gasteiger partial charge on any atom is 0.333 e. The van der Waals surface area contributed by atoms with Crippen molar-refractivity contribution in [1.29, 1.82) is 0 Å². The minimum atomic E-state index is -0.483. The summed E-state index contributed by atoms with van der Waals surface area (Å²) in [5.41, 5.74) is 0.443. The summed E-state index contributed by atoms with van der Waals surface area (Å²) >= 11 is 0. The van der Waals surface area contributed by atoms with Gasteiger partial charge >= 0.3 is 5.97 Å². The van der Waals surface area contributed by atoms with Gasteiger partial charge in [-0.2, -0.15) is 5.10 Å². The number of carbonyl (C=O) groups is 1. The first-order valence-corrected chi connectivity index (χ1v) is 4.30. The fourth-order valence-corrected chi connectivity index (χ4v) is 1.49. The molecule has 13 heavy (non-hydrogen) atoms. The van der Waals surface area contributed by atoms with E-state index < -0.39 is 5.54 Å². The number of carbonyl (C=O) groups excluding carboxylic acids is 1. The van der Waals surface area contributed by atoms with E-state index >= 15 is 0 Å². The van der Waals surface area contributed by atoms with E-state index in [0.29, 0.717) is 0 Å². The van der Waals surface area contributed by atoms with Crippen molar-refractivity contribution in [2.24, 2.45) is 0 Å². The Balaban J connectivity index is 2.30. The molecule has 1 fully saturated rings. The van der Waals surface area contributed by atoms with Crippen LogP contribution >= 0.6 is 0 Å². The van der Waals surface area contributed by atoms with Crippen LogP contribution in [0.25, 0.3) is 0 Å². The smallest absolute Gasteiger partial charge is 0.333 e. The highest BCUT2D eigenvalue weighted by Crippen LogP contribution is 2.43. The summed E-state index contributed by atoms with van der Waals surface area (Å²) in [6.45, 7) is 1.91. The lowest BCUT2D eigenvalue weighted by molar-refractivity contribution is -0.146. The van der Waals surface area contributed by atoms with Gasteiger partial charge in [-0.1, -0.05) is 0 Å². The van der Waals surface area contributed by atoms with Gasteiger partial charge in [0, 0.05) is 6.20 Å². The molecule has 0 aromatic carbocycles. The second kappa shape index (κ2) is 2.58.